The van der Waals surface area contributed by atoms with E-state index in [0.717, 1.165) is 18.2 Å². The molecule has 0 bridgehead atoms. The first-order chi connectivity index (χ1) is 10.8. The monoisotopic (exact) mass is 318 g/mol. The van der Waals surface area contributed by atoms with Gasteiger partial charge >= 0.3 is 0 Å². The Morgan fingerprint density at radius 1 is 1.17 bits per heavy atom. The molecule has 7 heteroatoms. The van der Waals surface area contributed by atoms with Crippen LogP contribution in [0.3, 0.4) is 0 Å². The van der Waals surface area contributed by atoms with Gasteiger partial charge in [-0.15, -0.1) is 0 Å². The van der Waals surface area contributed by atoms with Gasteiger partial charge < -0.3 is 0 Å². The van der Waals surface area contributed by atoms with Crippen molar-refractivity contribution in [3.05, 3.63) is 42.2 Å². The molecule has 1 saturated heterocycles. The van der Waals surface area contributed by atoms with Crippen LogP contribution < -0.4 is 5.01 Å². The lowest BCUT2D eigenvalue weighted by Gasteiger charge is -2.31. The smallest absolute Gasteiger partial charge is 0.247 e. The number of nitrogens with zero attached hydrogens (tertiary/aromatic N) is 4. The summed E-state index contributed by atoms with van der Waals surface area (Å²) in [6.45, 7) is 3.89. The molecular weight excluding hydrogens is 302 g/mol. The summed E-state index contributed by atoms with van der Waals surface area (Å²) in [6.07, 6.45) is 3.12. The summed E-state index contributed by atoms with van der Waals surface area (Å²) in [5, 5.41) is 3.17. The zero-order chi connectivity index (χ0) is 16.8. The van der Waals surface area contributed by atoms with E-state index in [-0.39, 0.29) is 23.0 Å². The molecule has 1 aromatic heterocycles. The highest BCUT2D eigenvalue weighted by Crippen LogP contribution is 2.31. The Bertz CT molecular complexity index is 761. The molecule has 3 rings (SSSR count). The van der Waals surface area contributed by atoms with E-state index in [2.05, 4.69) is 9.97 Å². The number of benzene rings is 1. The van der Waals surface area contributed by atoms with Gasteiger partial charge in [-0.25, -0.2) is 28.8 Å². The molecule has 1 aromatic carbocycles. The normalized spacial score (nSPS) is 17.8. The van der Waals surface area contributed by atoms with Gasteiger partial charge in [-0.3, -0.25) is 4.79 Å². The molecule has 0 aliphatic carbocycles. The Kier molecular flexibility index (Phi) is 3.60. The van der Waals surface area contributed by atoms with Crippen LogP contribution in [0.5, 0.6) is 0 Å². The average Bonchev–Trinajstić information content (AvgIpc) is 2.70. The number of hydrazine groups is 1. The molecule has 5 nitrogen and oxygen atoms in total. The first-order valence-corrected chi connectivity index (χ1v) is 7.14. The first kappa shape index (κ1) is 15.5. The summed E-state index contributed by atoms with van der Waals surface area (Å²) >= 11 is 0. The van der Waals surface area contributed by atoms with E-state index in [1.165, 1.54) is 17.4 Å². The number of carbonyl (C=O) groups excluding carboxylic acids is 1. The van der Waals surface area contributed by atoms with Gasteiger partial charge in [0.1, 0.15) is 11.6 Å². The van der Waals surface area contributed by atoms with Gasteiger partial charge in [0.25, 0.3) is 0 Å². The molecule has 120 valence electrons. The van der Waals surface area contributed by atoms with Crippen molar-refractivity contribution >= 4 is 11.9 Å². The second-order valence-electron chi connectivity index (χ2n) is 6.11. The topological polar surface area (TPSA) is 49.3 Å². The largest absolute Gasteiger partial charge is 0.273 e. The fourth-order valence-corrected chi connectivity index (χ4v) is 2.53. The third kappa shape index (κ3) is 2.68. The molecule has 0 N–H and O–H groups in total. The maximum absolute atomic E-state index is 13.8. The summed E-state index contributed by atoms with van der Waals surface area (Å²) < 4.78 is 27.1. The second-order valence-corrected chi connectivity index (χ2v) is 6.11. The van der Waals surface area contributed by atoms with Crippen molar-refractivity contribution in [3.63, 3.8) is 0 Å². The Labute approximate surface area is 132 Å². The number of hydrogen-bond acceptors (Lipinski definition) is 4. The molecular formula is C16H16F2N4O. The third-order valence-electron chi connectivity index (χ3n) is 4.06. The highest BCUT2D eigenvalue weighted by atomic mass is 19.1. The van der Waals surface area contributed by atoms with Gasteiger partial charge in [0.15, 0.2) is 0 Å². The van der Waals surface area contributed by atoms with Crippen molar-refractivity contribution in [1.29, 1.82) is 0 Å². The number of hydrogen-bond donors (Lipinski definition) is 0. The van der Waals surface area contributed by atoms with Crippen molar-refractivity contribution < 1.29 is 13.6 Å². The molecule has 0 spiro atoms. The van der Waals surface area contributed by atoms with E-state index in [1.807, 2.05) is 13.8 Å². The Balaban J connectivity index is 1.94. The van der Waals surface area contributed by atoms with E-state index in [4.69, 9.17) is 0 Å². The molecule has 23 heavy (non-hydrogen) atoms. The van der Waals surface area contributed by atoms with Gasteiger partial charge in [0, 0.05) is 42.5 Å². The lowest BCUT2D eigenvalue weighted by atomic mass is 10.0. The minimum Gasteiger partial charge on any atom is -0.273 e. The molecule has 0 unspecified atom stereocenters. The van der Waals surface area contributed by atoms with E-state index in [0.29, 0.717) is 12.0 Å². The van der Waals surface area contributed by atoms with Crippen LogP contribution in [-0.2, 0) is 4.79 Å². The van der Waals surface area contributed by atoms with Crippen molar-refractivity contribution in [2.45, 2.75) is 25.8 Å². The Morgan fingerprint density at radius 2 is 1.83 bits per heavy atom. The predicted molar refractivity (Wildman–Crippen MR) is 81.3 cm³/mol. The van der Waals surface area contributed by atoms with Crippen LogP contribution in [0.25, 0.3) is 11.1 Å². The van der Waals surface area contributed by atoms with Gasteiger partial charge in [0.2, 0.25) is 11.9 Å². The van der Waals surface area contributed by atoms with Gasteiger partial charge in [-0.05, 0) is 32.0 Å². The zero-order valence-corrected chi connectivity index (χ0v) is 13.0. The number of amides is 1. The summed E-state index contributed by atoms with van der Waals surface area (Å²) in [7, 11) is 1.79. The molecule has 0 saturated carbocycles. The Hall–Kier alpha value is -2.41. The lowest BCUT2D eigenvalue weighted by Crippen LogP contribution is -2.45. The van der Waals surface area contributed by atoms with Crippen molar-refractivity contribution in [1.82, 2.24) is 15.0 Å². The fourth-order valence-electron chi connectivity index (χ4n) is 2.53. The summed E-state index contributed by atoms with van der Waals surface area (Å²) in [5.74, 6) is -0.995. The summed E-state index contributed by atoms with van der Waals surface area (Å²) in [4.78, 5) is 20.4. The van der Waals surface area contributed by atoms with Crippen molar-refractivity contribution in [3.8, 4) is 11.1 Å². The van der Waals surface area contributed by atoms with Crippen LogP contribution in [0.2, 0.25) is 0 Å². The minimum absolute atomic E-state index is 0.0815. The molecule has 1 fully saturated rings. The number of rotatable bonds is 2. The van der Waals surface area contributed by atoms with Crippen LogP contribution in [0, 0.1) is 11.6 Å². The van der Waals surface area contributed by atoms with Crippen molar-refractivity contribution in [2.24, 2.45) is 0 Å². The maximum Gasteiger partial charge on any atom is 0.247 e. The average molecular weight is 318 g/mol. The van der Waals surface area contributed by atoms with Crippen LogP contribution in [0.4, 0.5) is 14.7 Å². The van der Waals surface area contributed by atoms with Crippen LogP contribution in [0.1, 0.15) is 20.3 Å². The van der Waals surface area contributed by atoms with E-state index < -0.39 is 11.6 Å². The minimum atomic E-state index is -0.557. The van der Waals surface area contributed by atoms with E-state index >= 15 is 0 Å². The molecule has 0 radical (unpaired) electrons. The van der Waals surface area contributed by atoms with Crippen LogP contribution in [0.15, 0.2) is 30.6 Å². The highest BCUT2D eigenvalue weighted by molar-refractivity contribution is 5.93. The third-order valence-corrected chi connectivity index (χ3v) is 4.06. The van der Waals surface area contributed by atoms with Gasteiger partial charge in [-0.1, -0.05) is 0 Å². The van der Waals surface area contributed by atoms with Crippen molar-refractivity contribution in [2.75, 3.05) is 12.1 Å². The molecule has 0 atom stereocenters. The quantitative estimate of drug-likeness (QED) is 0.854. The number of aromatic nitrogens is 2. The molecule has 1 amide bonds. The maximum atomic E-state index is 13.8. The SMILES string of the molecule is CN1N(c2ncc(-c3cc(F)ccc3F)cn2)C(=O)CC1(C)C. The fraction of sp³-hybridized carbons (Fsp3) is 0.312. The molecule has 2 heterocycles. The second kappa shape index (κ2) is 5.34. The molecule has 1 aliphatic rings. The van der Waals surface area contributed by atoms with Crippen LogP contribution in [-0.4, -0.2) is 33.5 Å². The summed E-state index contributed by atoms with van der Waals surface area (Å²) in [6, 6.07) is 3.19. The number of halogens is 2. The van der Waals surface area contributed by atoms with E-state index in [1.54, 1.807) is 12.1 Å². The lowest BCUT2D eigenvalue weighted by molar-refractivity contribution is -0.118. The molecule has 1 aliphatic heterocycles. The number of anilines is 1. The van der Waals surface area contributed by atoms with Crippen LogP contribution >= 0.6 is 0 Å². The number of carbonyl (C=O) groups is 1. The highest BCUT2D eigenvalue weighted by Gasteiger charge is 2.43. The molecule has 2 aromatic rings. The van der Waals surface area contributed by atoms with E-state index in [9.17, 15) is 13.6 Å². The first-order valence-electron chi connectivity index (χ1n) is 7.14. The van der Waals surface area contributed by atoms with Gasteiger partial charge in [-0.2, -0.15) is 0 Å². The predicted octanol–water partition coefficient (Wildman–Crippen LogP) is 2.78. The zero-order valence-electron chi connectivity index (χ0n) is 13.0. The van der Waals surface area contributed by atoms with Gasteiger partial charge in [0.05, 0.1) is 0 Å². The summed E-state index contributed by atoms with van der Waals surface area (Å²) in [5.41, 5.74) is 0.102. The standard InChI is InChI=1S/C16H16F2N4O/c1-16(2)7-14(23)22(21(16)3)15-19-8-10(9-20-15)12-6-11(17)4-5-13(12)18/h4-6,8-9H,7H2,1-3H3. The Morgan fingerprint density at radius 3 is 2.39 bits per heavy atom.